The monoisotopic (exact) mass is 857 g/mol. The zero-order valence-electron chi connectivity index (χ0n) is 41.5. The maximum absolute atomic E-state index is 12.4. The number of aliphatic hydroxyl groups is 6. The Labute approximate surface area is 375 Å². The summed E-state index contributed by atoms with van der Waals surface area (Å²) in [6.45, 7) is 27.8. The Morgan fingerprint density at radius 2 is 0.541 bits per heavy atom. The summed E-state index contributed by atoms with van der Waals surface area (Å²) in [5.41, 5.74) is 0. The molecule has 0 saturated heterocycles. The molecule has 6 nitrogen and oxygen atoms in total. The van der Waals surface area contributed by atoms with Gasteiger partial charge in [-0.05, 0) is 214 Å². The van der Waals surface area contributed by atoms with Gasteiger partial charge in [0, 0.05) is 0 Å². The molecule has 6 aliphatic carbocycles. The van der Waals surface area contributed by atoms with Crippen LogP contribution < -0.4 is 0 Å². The summed E-state index contributed by atoms with van der Waals surface area (Å²) in [6, 6.07) is 0. The second-order valence-electron chi connectivity index (χ2n) is 25.1. The molecule has 6 fully saturated rings. The van der Waals surface area contributed by atoms with Crippen LogP contribution in [0.3, 0.4) is 0 Å². The number of hydrogen-bond donors (Lipinski definition) is 6. The van der Waals surface area contributed by atoms with Gasteiger partial charge in [-0.15, -0.1) is 0 Å². The fraction of sp³-hybridized carbons (Fsp3) is 1.00. The molecule has 0 heterocycles. The number of hydrogen-bond acceptors (Lipinski definition) is 6. The molecule has 0 aromatic carbocycles. The summed E-state index contributed by atoms with van der Waals surface area (Å²) in [5.74, 6) is 8.06. The topological polar surface area (TPSA) is 121 Å². The van der Waals surface area contributed by atoms with E-state index in [-0.39, 0.29) is 83.8 Å². The lowest BCUT2D eigenvalue weighted by molar-refractivity contribution is -0.0980. The van der Waals surface area contributed by atoms with Gasteiger partial charge in [0.1, 0.15) is 0 Å². The Kier molecular flexibility index (Phi) is 17.4. The normalized spacial score (nSPS) is 55.0. The van der Waals surface area contributed by atoms with Gasteiger partial charge in [0.05, 0.1) is 36.6 Å². The van der Waals surface area contributed by atoms with E-state index in [1.807, 2.05) is 0 Å². The lowest BCUT2D eigenvalue weighted by Gasteiger charge is -2.51. The van der Waals surface area contributed by atoms with Crippen LogP contribution >= 0.6 is 0 Å². The van der Waals surface area contributed by atoms with Crippen molar-refractivity contribution in [1.82, 2.24) is 0 Å². The van der Waals surface area contributed by atoms with Crippen LogP contribution in [0, 0.1) is 130 Å². The van der Waals surface area contributed by atoms with Crippen molar-refractivity contribution in [2.24, 2.45) is 130 Å². The standard InChI is InChI=1S/C55H100O6/c1-13-38-15-28(3)16-43(54(38)60)25-47-36(11)41(21-32(7)51(47)57)24-42-22-33(8)53(59)49(37(42)12)27-45-18-29(4)17-44(55(45)61)26-48-35(10)40(20-31(6)52(48)58)23-39-19-30(5)50(56)46(14-2)34(39)9/h28-61H,13-27H2,1-12H3. The largest absolute Gasteiger partial charge is 0.393 e. The van der Waals surface area contributed by atoms with E-state index in [4.69, 9.17) is 0 Å². The molecular weight excluding hydrogens is 757 g/mol. The lowest BCUT2D eigenvalue weighted by Crippen LogP contribution is -2.49. The quantitative estimate of drug-likeness (QED) is 0.116. The van der Waals surface area contributed by atoms with Crippen LogP contribution in [0.1, 0.15) is 179 Å². The van der Waals surface area contributed by atoms with Crippen molar-refractivity contribution in [2.45, 2.75) is 216 Å². The summed E-state index contributed by atoms with van der Waals surface area (Å²) in [4.78, 5) is 0. The molecule has 0 spiro atoms. The average Bonchev–Trinajstić information content (AvgIpc) is 3.21. The van der Waals surface area contributed by atoms with Gasteiger partial charge < -0.3 is 30.6 Å². The molecule has 0 aliphatic heterocycles. The highest BCUT2D eigenvalue weighted by molar-refractivity contribution is 5.00. The third-order valence-corrected chi connectivity index (χ3v) is 21.1. The molecule has 28 atom stereocenters. The third kappa shape index (κ3) is 10.8. The molecule has 6 rings (SSSR count). The van der Waals surface area contributed by atoms with E-state index >= 15 is 0 Å². The highest BCUT2D eigenvalue weighted by atomic mass is 16.3. The van der Waals surface area contributed by atoms with Crippen molar-refractivity contribution in [3.05, 3.63) is 0 Å². The summed E-state index contributed by atoms with van der Waals surface area (Å²) in [6.07, 6.45) is 13.7. The second kappa shape index (κ2) is 21.2. The highest BCUT2D eigenvalue weighted by Crippen LogP contribution is 2.54. The first-order chi connectivity index (χ1) is 28.7. The summed E-state index contributed by atoms with van der Waals surface area (Å²) in [5, 5.41) is 70.2. The van der Waals surface area contributed by atoms with E-state index < -0.39 is 6.10 Å². The molecule has 6 N–H and O–H groups in total. The van der Waals surface area contributed by atoms with Crippen molar-refractivity contribution in [2.75, 3.05) is 0 Å². The van der Waals surface area contributed by atoms with Gasteiger partial charge in [-0.1, -0.05) is 95.9 Å². The third-order valence-electron chi connectivity index (χ3n) is 21.1. The Balaban J connectivity index is 1.11. The predicted octanol–water partition coefficient (Wildman–Crippen LogP) is 10.9. The van der Waals surface area contributed by atoms with E-state index in [2.05, 4.69) is 83.1 Å². The summed E-state index contributed by atoms with van der Waals surface area (Å²) in [7, 11) is 0. The molecule has 6 saturated carbocycles. The maximum atomic E-state index is 12.4. The maximum Gasteiger partial charge on any atom is 0.0596 e. The predicted molar refractivity (Wildman–Crippen MR) is 250 cm³/mol. The van der Waals surface area contributed by atoms with Gasteiger partial charge in [-0.25, -0.2) is 0 Å². The van der Waals surface area contributed by atoms with Crippen LogP contribution in [0.15, 0.2) is 0 Å². The van der Waals surface area contributed by atoms with Crippen LogP contribution in [-0.2, 0) is 0 Å². The van der Waals surface area contributed by atoms with Gasteiger partial charge in [0.15, 0.2) is 0 Å². The van der Waals surface area contributed by atoms with E-state index in [1.165, 1.54) is 6.42 Å². The Bertz CT molecular complexity index is 1340. The van der Waals surface area contributed by atoms with Crippen LogP contribution in [0.2, 0.25) is 0 Å². The van der Waals surface area contributed by atoms with Crippen LogP contribution in [0.4, 0.5) is 0 Å². The van der Waals surface area contributed by atoms with E-state index in [1.54, 1.807) is 0 Å². The molecule has 6 aliphatic rings. The Hall–Kier alpha value is -0.240. The highest BCUT2D eigenvalue weighted by Gasteiger charge is 2.50. The van der Waals surface area contributed by atoms with Gasteiger partial charge >= 0.3 is 0 Å². The second-order valence-corrected chi connectivity index (χ2v) is 25.1. The zero-order chi connectivity index (χ0) is 44.8. The van der Waals surface area contributed by atoms with Crippen LogP contribution in [-0.4, -0.2) is 67.3 Å². The van der Waals surface area contributed by atoms with Crippen LogP contribution in [0.25, 0.3) is 0 Å². The smallest absolute Gasteiger partial charge is 0.0596 e. The van der Waals surface area contributed by atoms with Crippen molar-refractivity contribution in [3.8, 4) is 0 Å². The minimum Gasteiger partial charge on any atom is -0.393 e. The van der Waals surface area contributed by atoms with Gasteiger partial charge in [-0.3, -0.25) is 0 Å². The first-order valence-electron chi connectivity index (χ1n) is 26.8. The SMILES string of the molecule is CCC1CC(C)CC(CC2C(C)C(CC3CC(C)C(O)C(CC4CC(C)CC(CC5C(C)C(CC6CC(C)C(O)C(CC)C6C)CC(C)C5O)C4O)C3C)CC(C)C2O)C1O. The lowest BCUT2D eigenvalue weighted by atomic mass is 9.56. The minimum absolute atomic E-state index is 0.163. The fourth-order valence-corrected chi connectivity index (χ4v) is 17.1. The first kappa shape index (κ1) is 50.2. The molecular formula is C55H100O6. The molecule has 28 unspecified atom stereocenters. The van der Waals surface area contributed by atoms with Gasteiger partial charge in [-0.2, -0.15) is 0 Å². The van der Waals surface area contributed by atoms with E-state index in [9.17, 15) is 30.6 Å². The molecule has 356 valence electrons. The van der Waals surface area contributed by atoms with Gasteiger partial charge in [0.25, 0.3) is 0 Å². The minimum atomic E-state index is -0.404. The molecule has 0 amide bonds. The molecule has 0 radical (unpaired) electrons. The van der Waals surface area contributed by atoms with Gasteiger partial charge in [0.2, 0.25) is 0 Å². The summed E-state index contributed by atoms with van der Waals surface area (Å²) >= 11 is 0. The average molecular weight is 857 g/mol. The van der Waals surface area contributed by atoms with Crippen molar-refractivity contribution in [1.29, 1.82) is 0 Å². The van der Waals surface area contributed by atoms with Crippen molar-refractivity contribution < 1.29 is 30.6 Å². The van der Waals surface area contributed by atoms with E-state index in [0.717, 1.165) is 89.9 Å². The molecule has 61 heavy (non-hydrogen) atoms. The van der Waals surface area contributed by atoms with E-state index in [0.29, 0.717) is 76.9 Å². The zero-order valence-corrected chi connectivity index (χ0v) is 41.5. The van der Waals surface area contributed by atoms with Crippen molar-refractivity contribution >= 4 is 0 Å². The Morgan fingerprint density at radius 3 is 0.836 bits per heavy atom. The fourth-order valence-electron chi connectivity index (χ4n) is 17.1. The molecule has 0 aromatic heterocycles. The number of rotatable bonds is 12. The van der Waals surface area contributed by atoms with Crippen LogP contribution in [0.5, 0.6) is 0 Å². The first-order valence-corrected chi connectivity index (χ1v) is 26.8. The Morgan fingerprint density at radius 1 is 0.279 bits per heavy atom. The summed E-state index contributed by atoms with van der Waals surface area (Å²) < 4.78 is 0. The molecule has 6 heteroatoms. The number of aliphatic hydroxyl groups excluding tert-OH is 6. The molecule has 0 aromatic rings. The molecule has 0 bridgehead atoms. The van der Waals surface area contributed by atoms with Crippen molar-refractivity contribution in [3.63, 3.8) is 0 Å².